The van der Waals surface area contributed by atoms with Crippen molar-refractivity contribution in [2.45, 2.75) is 96.5 Å². The second-order valence-corrected chi connectivity index (χ2v) is 12.1. The number of pyridine rings is 1. The molecule has 0 aliphatic heterocycles. The number of rotatable bonds is 6. The lowest BCUT2D eigenvalue weighted by Crippen LogP contribution is -2.41. The smallest absolute Gasteiger partial charge is 0.142 e. The summed E-state index contributed by atoms with van der Waals surface area (Å²) >= 11 is 0. The summed E-state index contributed by atoms with van der Waals surface area (Å²) in [5.74, 6) is 2.85. The molecule has 1 heterocycles. The van der Waals surface area contributed by atoms with Gasteiger partial charge in [-0.15, -0.1) is 0 Å². The molecule has 3 fully saturated rings. The zero-order valence-electron chi connectivity index (χ0n) is 20.6. The first-order chi connectivity index (χ1) is 15.8. The second kappa shape index (κ2) is 9.13. The van der Waals surface area contributed by atoms with E-state index in [0.717, 1.165) is 42.2 Å². The molecule has 3 nitrogen and oxygen atoms in total. The van der Waals surface area contributed by atoms with Crippen LogP contribution >= 0.6 is 0 Å². The molecule has 5 rings (SSSR count). The summed E-state index contributed by atoms with van der Waals surface area (Å²) in [5.41, 5.74) is 0.624. The van der Waals surface area contributed by atoms with E-state index in [-0.39, 0.29) is 11.3 Å². The SMILES string of the molecule is CC1(O)CCC2C(CCC3(C)CCCC3C(=O)Cc3nccc4ccccc34)CCCC2C1. The lowest BCUT2D eigenvalue weighted by atomic mass is 9.60. The highest BCUT2D eigenvalue weighted by molar-refractivity contribution is 5.90. The summed E-state index contributed by atoms with van der Waals surface area (Å²) in [5, 5.41) is 12.9. The molecule has 3 heteroatoms. The molecule has 33 heavy (non-hydrogen) atoms. The van der Waals surface area contributed by atoms with E-state index in [1.807, 2.05) is 31.3 Å². The molecule has 1 N–H and O–H groups in total. The van der Waals surface area contributed by atoms with E-state index >= 15 is 0 Å². The van der Waals surface area contributed by atoms with Gasteiger partial charge in [-0.2, -0.15) is 0 Å². The zero-order chi connectivity index (χ0) is 23.1. The molecule has 1 aromatic heterocycles. The zero-order valence-corrected chi connectivity index (χ0v) is 20.6. The standard InChI is InChI=1S/C30H41NO2/c1-29(16-12-21-8-5-9-23-20-30(2,33)17-13-24(21)23)15-6-11-26(29)28(32)19-27-25-10-4-3-7-22(25)14-18-31-27/h3-4,7,10,14,18,21,23-24,26,33H,5-6,8-9,11-13,15-17,19-20H2,1-2H3. The third-order valence-corrected chi connectivity index (χ3v) is 9.73. The highest BCUT2D eigenvalue weighted by Crippen LogP contribution is 2.52. The van der Waals surface area contributed by atoms with Gasteiger partial charge >= 0.3 is 0 Å². The van der Waals surface area contributed by atoms with Crippen LogP contribution in [0.4, 0.5) is 0 Å². The number of carbonyl (C=O) groups is 1. The molecule has 3 aliphatic carbocycles. The van der Waals surface area contributed by atoms with Crippen LogP contribution in [0, 0.1) is 29.1 Å². The van der Waals surface area contributed by atoms with Crippen LogP contribution in [0.3, 0.4) is 0 Å². The van der Waals surface area contributed by atoms with Crippen molar-refractivity contribution >= 4 is 16.6 Å². The van der Waals surface area contributed by atoms with Gasteiger partial charge in [0.2, 0.25) is 0 Å². The minimum atomic E-state index is -0.451. The minimum Gasteiger partial charge on any atom is -0.390 e. The molecule has 0 radical (unpaired) electrons. The van der Waals surface area contributed by atoms with Gasteiger partial charge < -0.3 is 5.11 Å². The fraction of sp³-hybridized carbons (Fsp3) is 0.667. The maximum Gasteiger partial charge on any atom is 0.142 e. The summed E-state index contributed by atoms with van der Waals surface area (Å²) in [6.45, 7) is 4.43. The Morgan fingerprint density at radius 1 is 1.06 bits per heavy atom. The van der Waals surface area contributed by atoms with Crippen LogP contribution in [0.25, 0.3) is 10.8 Å². The number of nitrogens with zero attached hydrogens (tertiary/aromatic N) is 1. The number of Topliss-reactive ketones (excluding diaryl/α,β-unsaturated/α-hetero) is 1. The van der Waals surface area contributed by atoms with Crippen LogP contribution in [0.15, 0.2) is 36.5 Å². The van der Waals surface area contributed by atoms with Crippen LogP contribution in [0.1, 0.15) is 90.2 Å². The Kier molecular flexibility index (Phi) is 6.37. The number of benzene rings is 1. The van der Waals surface area contributed by atoms with E-state index in [1.54, 1.807) is 0 Å². The summed E-state index contributed by atoms with van der Waals surface area (Å²) in [6, 6.07) is 10.3. The summed E-state index contributed by atoms with van der Waals surface area (Å²) in [6.07, 6.45) is 15.2. The van der Waals surface area contributed by atoms with Gasteiger partial charge in [0.25, 0.3) is 0 Å². The number of carbonyl (C=O) groups excluding carboxylic acids is 1. The topological polar surface area (TPSA) is 50.2 Å². The highest BCUT2D eigenvalue weighted by Gasteiger charge is 2.45. The molecular weight excluding hydrogens is 406 g/mol. The average molecular weight is 448 g/mol. The minimum absolute atomic E-state index is 0.134. The summed E-state index contributed by atoms with van der Waals surface area (Å²) in [7, 11) is 0. The van der Waals surface area contributed by atoms with Crippen molar-refractivity contribution in [3.05, 3.63) is 42.2 Å². The van der Waals surface area contributed by atoms with Crippen molar-refractivity contribution in [3.63, 3.8) is 0 Å². The van der Waals surface area contributed by atoms with Gasteiger partial charge in [-0.05, 0) is 86.5 Å². The van der Waals surface area contributed by atoms with Crippen LogP contribution in [-0.4, -0.2) is 21.5 Å². The third kappa shape index (κ3) is 4.76. The first kappa shape index (κ1) is 23.0. The van der Waals surface area contributed by atoms with Crippen LogP contribution < -0.4 is 0 Å². The normalized spacial score (nSPS) is 36.6. The fourth-order valence-corrected chi connectivity index (χ4v) is 7.89. The molecule has 1 aromatic carbocycles. The monoisotopic (exact) mass is 447 g/mol. The maximum atomic E-state index is 13.6. The van der Waals surface area contributed by atoms with Gasteiger partial charge in [-0.3, -0.25) is 9.78 Å². The summed E-state index contributed by atoms with van der Waals surface area (Å²) < 4.78 is 0. The molecular formula is C30H41NO2. The molecule has 178 valence electrons. The molecule has 3 saturated carbocycles. The number of aromatic nitrogens is 1. The molecule has 3 aliphatic rings. The number of aliphatic hydroxyl groups is 1. The Morgan fingerprint density at radius 2 is 1.91 bits per heavy atom. The molecule has 0 amide bonds. The van der Waals surface area contributed by atoms with E-state index in [9.17, 15) is 9.90 Å². The van der Waals surface area contributed by atoms with Crippen molar-refractivity contribution in [1.82, 2.24) is 4.98 Å². The van der Waals surface area contributed by atoms with Gasteiger partial charge in [0.15, 0.2) is 0 Å². The Labute approximate surface area is 199 Å². The number of fused-ring (bicyclic) bond motifs is 2. The van der Waals surface area contributed by atoms with Crippen molar-refractivity contribution in [2.75, 3.05) is 0 Å². The molecule has 0 saturated heterocycles. The molecule has 2 aromatic rings. The quantitative estimate of drug-likeness (QED) is 0.524. The number of hydrogen-bond acceptors (Lipinski definition) is 3. The first-order valence-corrected chi connectivity index (χ1v) is 13.4. The highest BCUT2D eigenvalue weighted by atomic mass is 16.3. The van der Waals surface area contributed by atoms with Crippen molar-refractivity contribution in [3.8, 4) is 0 Å². The van der Waals surface area contributed by atoms with Crippen molar-refractivity contribution in [2.24, 2.45) is 29.1 Å². The maximum absolute atomic E-state index is 13.6. The van der Waals surface area contributed by atoms with Crippen LogP contribution in [0.5, 0.6) is 0 Å². The van der Waals surface area contributed by atoms with Gasteiger partial charge in [-0.25, -0.2) is 0 Å². The van der Waals surface area contributed by atoms with Crippen LogP contribution in [-0.2, 0) is 11.2 Å². The van der Waals surface area contributed by atoms with Crippen LogP contribution in [0.2, 0.25) is 0 Å². The number of ketones is 1. The first-order valence-electron chi connectivity index (χ1n) is 13.4. The Balaban J connectivity index is 1.25. The largest absolute Gasteiger partial charge is 0.390 e. The fourth-order valence-electron chi connectivity index (χ4n) is 7.89. The lowest BCUT2D eigenvalue weighted by molar-refractivity contribution is -0.125. The average Bonchev–Trinajstić information content (AvgIpc) is 3.19. The lowest BCUT2D eigenvalue weighted by Gasteiger charge is -2.47. The van der Waals surface area contributed by atoms with Crippen molar-refractivity contribution in [1.29, 1.82) is 0 Å². The van der Waals surface area contributed by atoms with E-state index < -0.39 is 5.60 Å². The van der Waals surface area contributed by atoms with Gasteiger partial charge in [0, 0.05) is 23.9 Å². The van der Waals surface area contributed by atoms with Gasteiger partial charge in [0.1, 0.15) is 5.78 Å². The van der Waals surface area contributed by atoms with E-state index in [0.29, 0.717) is 18.1 Å². The Morgan fingerprint density at radius 3 is 2.79 bits per heavy atom. The Hall–Kier alpha value is -1.74. The predicted octanol–water partition coefficient (Wildman–Crippen LogP) is 6.90. The van der Waals surface area contributed by atoms with E-state index in [4.69, 9.17) is 0 Å². The Bertz CT molecular complexity index is 992. The second-order valence-electron chi connectivity index (χ2n) is 12.1. The molecule has 0 spiro atoms. The molecule has 0 bridgehead atoms. The summed E-state index contributed by atoms with van der Waals surface area (Å²) in [4.78, 5) is 18.2. The molecule has 6 atom stereocenters. The molecule has 6 unspecified atom stereocenters. The number of hydrogen-bond donors (Lipinski definition) is 1. The van der Waals surface area contributed by atoms with Gasteiger partial charge in [-0.1, -0.05) is 56.9 Å². The third-order valence-electron chi connectivity index (χ3n) is 9.73. The predicted molar refractivity (Wildman–Crippen MR) is 134 cm³/mol. The van der Waals surface area contributed by atoms with E-state index in [2.05, 4.69) is 24.0 Å². The van der Waals surface area contributed by atoms with Crippen molar-refractivity contribution < 1.29 is 9.90 Å². The van der Waals surface area contributed by atoms with Gasteiger partial charge in [0.05, 0.1) is 11.3 Å². The van der Waals surface area contributed by atoms with E-state index in [1.165, 1.54) is 56.8 Å².